The number of carbonyl (C=O) groups is 2. The molecule has 0 aromatic rings. The van der Waals surface area contributed by atoms with E-state index in [9.17, 15) is 9.59 Å². The van der Waals surface area contributed by atoms with Gasteiger partial charge in [-0.15, -0.1) is 0 Å². The summed E-state index contributed by atoms with van der Waals surface area (Å²) in [6.45, 7) is 6.75. The van der Waals surface area contributed by atoms with Crippen molar-refractivity contribution in [3.05, 3.63) is 0 Å². The van der Waals surface area contributed by atoms with Crippen LogP contribution < -0.4 is 0 Å². The molecule has 2 unspecified atom stereocenters. The maximum absolute atomic E-state index is 10.5. The van der Waals surface area contributed by atoms with E-state index in [1.165, 1.54) is 13.8 Å². The third-order valence-electron chi connectivity index (χ3n) is 1.44. The highest BCUT2D eigenvalue weighted by Gasteiger charge is 2.08. The van der Waals surface area contributed by atoms with Crippen molar-refractivity contribution in [3.63, 3.8) is 0 Å². The molecule has 0 aliphatic heterocycles. The Morgan fingerprint density at radius 1 is 0.933 bits per heavy atom. The molecule has 88 valence electrons. The van der Waals surface area contributed by atoms with Gasteiger partial charge < -0.3 is 14.2 Å². The first-order chi connectivity index (χ1) is 6.91. The van der Waals surface area contributed by atoms with Crippen LogP contribution in [-0.2, 0) is 23.8 Å². The Balaban J connectivity index is 3.52. The van der Waals surface area contributed by atoms with E-state index in [0.29, 0.717) is 13.2 Å². The molecule has 0 saturated carbocycles. The van der Waals surface area contributed by atoms with E-state index < -0.39 is 0 Å². The van der Waals surface area contributed by atoms with Gasteiger partial charge >= 0.3 is 11.9 Å². The van der Waals surface area contributed by atoms with Gasteiger partial charge in [0.2, 0.25) is 0 Å². The second-order valence-electron chi connectivity index (χ2n) is 3.38. The smallest absolute Gasteiger partial charge is 0.302 e. The van der Waals surface area contributed by atoms with Gasteiger partial charge in [0.05, 0.1) is 13.2 Å². The van der Waals surface area contributed by atoms with Crippen LogP contribution in [-0.4, -0.2) is 37.4 Å². The van der Waals surface area contributed by atoms with Crippen molar-refractivity contribution in [2.45, 2.75) is 39.9 Å². The fraction of sp³-hybridized carbons (Fsp3) is 0.800. The third-order valence-corrected chi connectivity index (χ3v) is 1.44. The molecule has 2 atom stereocenters. The van der Waals surface area contributed by atoms with Gasteiger partial charge in [-0.3, -0.25) is 9.59 Å². The van der Waals surface area contributed by atoms with E-state index in [4.69, 9.17) is 14.2 Å². The summed E-state index contributed by atoms with van der Waals surface area (Å²) in [5.74, 6) is -0.668. The Labute approximate surface area is 89.7 Å². The fourth-order valence-electron chi connectivity index (χ4n) is 1.03. The van der Waals surface area contributed by atoms with E-state index in [1.54, 1.807) is 13.8 Å². The number of hydrogen-bond donors (Lipinski definition) is 0. The molecular formula is C10H18O5. The van der Waals surface area contributed by atoms with Gasteiger partial charge in [0, 0.05) is 13.8 Å². The zero-order valence-electron chi connectivity index (χ0n) is 9.61. The molecule has 5 heteroatoms. The fourth-order valence-corrected chi connectivity index (χ4v) is 1.03. The molecular weight excluding hydrogens is 200 g/mol. The lowest BCUT2D eigenvalue weighted by Gasteiger charge is -2.15. The molecule has 0 rings (SSSR count). The minimum absolute atomic E-state index is 0.285. The number of ether oxygens (including phenoxy) is 3. The number of carbonyl (C=O) groups excluding carboxylic acids is 2. The van der Waals surface area contributed by atoms with Crippen molar-refractivity contribution in [2.75, 3.05) is 13.2 Å². The Hall–Kier alpha value is -1.10. The maximum Gasteiger partial charge on any atom is 0.302 e. The van der Waals surface area contributed by atoms with Crippen molar-refractivity contribution in [2.24, 2.45) is 0 Å². The Morgan fingerprint density at radius 3 is 1.53 bits per heavy atom. The van der Waals surface area contributed by atoms with Crippen LogP contribution in [0.1, 0.15) is 27.7 Å². The summed E-state index contributed by atoms with van der Waals surface area (Å²) < 4.78 is 14.9. The highest BCUT2D eigenvalue weighted by Crippen LogP contribution is 1.96. The van der Waals surface area contributed by atoms with Crippen LogP contribution in [0, 0.1) is 0 Å². The van der Waals surface area contributed by atoms with Crippen molar-refractivity contribution < 1.29 is 23.8 Å². The van der Waals surface area contributed by atoms with Crippen LogP contribution in [0.25, 0.3) is 0 Å². The normalized spacial score (nSPS) is 14.1. The van der Waals surface area contributed by atoms with Crippen LogP contribution in [0.5, 0.6) is 0 Å². The molecule has 0 heterocycles. The monoisotopic (exact) mass is 218 g/mol. The van der Waals surface area contributed by atoms with E-state index in [1.807, 2.05) is 0 Å². The Morgan fingerprint density at radius 2 is 1.27 bits per heavy atom. The van der Waals surface area contributed by atoms with Gasteiger partial charge in [-0.05, 0) is 13.8 Å². The van der Waals surface area contributed by atoms with Gasteiger partial charge in [-0.25, -0.2) is 0 Å². The first-order valence-corrected chi connectivity index (χ1v) is 4.84. The van der Waals surface area contributed by atoms with Crippen molar-refractivity contribution >= 4 is 11.9 Å². The zero-order valence-corrected chi connectivity index (χ0v) is 9.61. The van der Waals surface area contributed by atoms with Crippen LogP contribution >= 0.6 is 0 Å². The molecule has 0 aliphatic carbocycles. The SMILES string of the molecule is CC(=O)OC(C)COCC(C)OC(C)=O. The van der Waals surface area contributed by atoms with E-state index in [0.717, 1.165) is 0 Å². The molecule has 0 N–H and O–H groups in total. The second kappa shape index (κ2) is 7.23. The van der Waals surface area contributed by atoms with E-state index >= 15 is 0 Å². The quantitative estimate of drug-likeness (QED) is 0.620. The van der Waals surface area contributed by atoms with Gasteiger partial charge in [0.15, 0.2) is 0 Å². The lowest BCUT2D eigenvalue weighted by atomic mass is 10.4. The van der Waals surface area contributed by atoms with Gasteiger partial charge in [-0.1, -0.05) is 0 Å². The number of rotatable bonds is 6. The minimum atomic E-state index is -0.334. The van der Waals surface area contributed by atoms with Crippen LogP contribution in [0.4, 0.5) is 0 Å². The van der Waals surface area contributed by atoms with Crippen LogP contribution in [0.15, 0.2) is 0 Å². The van der Waals surface area contributed by atoms with Gasteiger partial charge in [0.1, 0.15) is 12.2 Å². The molecule has 0 aliphatic rings. The van der Waals surface area contributed by atoms with E-state index in [2.05, 4.69) is 0 Å². The molecule has 0 spiro atoms. The summed E-state index contributed by atoms with van der Waals surface area (Å²) in [6, 6.07) is 0. The predicted molar refractivity (Wildman–Crippen MR) is 53.3 cm³/mol. The number of esters is 2. The largest absolute Gasteiger partial charge is 0.460 e. The van der Waals surface area contributed by atoms with Gasteiger partial charge in [-0.2, -0.15) is 0 Å². The summed E-state index contributed by atoms with van der Waals surface area (Å²) in [6.07, 6.45) is -0.570. The maximum atomic E-state index is 10.5. The molecule has 0 radical (unpaired) electrons. The zero-order chi connectivity index (χ0) is 11.8. The molecule has 15 heavy (non-hydrogen) atoms. The topological polar surface area (TPSA) is 61.8 Å². The Kier molecular flexibility index (Phi) is 6.70. The third kappa shape index (κ3) is 9.21. The Bertz CT molecular complexity index is 192. The standard InChI is InChI=1S/C10H18O5/c1-7(14-9(3)11)5-13-6-8(2)15-10(4)12/h7-8H,5-6H2,1-4H3. The van der Waals surface area contributed by atoms with Crippen molar-refractivity contribution in [1.82, 2.24) is 0 Å². The van der Waals surface area contributed by atoms with Crippen molar-refractivity contribution in [1.29, 1.82) is 0 Å². The first-order valence-electron chi connectivity index (χ1n) is 4.84. The summed E-state index contributed by atoms with van der Waals surface area (Å²) >= 11 is 0. The van der Waals surface area contributed by atoms with Crippen molar-refractivity contribution in [3.8, 4) is 0 Å². The van der Waals surface area contributed by atoms with E-state index in [-0.39, 0.29) is 24.1 Å². The molecule has 0 aromatic carbocycles. The summed E-state index contributed by atoms with van der Waals surface area (Å²) in [5.41, 5.74) is 0. The lowest BCUT2D eigenvalue weighted by molar-refractivity contribution is -0.151. The first kappa shape index (κ1) is 13.9. The minimum Gasteiger partial charge on any atom is -0.460 e. The predicted octanol–water partition coefficient (Wildman–Crippen LogP) is 0.906. The number of hydrogen-bond acceptors (Lipinski definition) is 5. The lowest BCUT2D eigenvalue weighted by Crippen LogP contribution is -2.24. The molecule has 5 nitrogen and oxygen atoms in total. The highest BCUT2D eigenvalue weighted by molar-refractivity contribution is 5.66. The molecule has 0 bridgehead atoms. The summed E-state index contributed by atoms with van der Waals surface area (Å²) in [5, 5.41) is 0. The molecule has 0 aromatic heterocycles. The second-order valence-corrected chi connectivity index (χ2v) is 3.38. The van der Waals surface area contributed by atoms with Crippen LogP contribution in [0.3, 0.4) is 0 Å². The van der Waals surface area contributed by atoms with Gasteiger partial charge in [0.25, 0.3) is 0 Å². The summed E-state index contributed by atoms with van der Waals surface area (Å²) in [7, 11) is 0. The summed E-state index contributed by atoms with van der Waals surface area (Å²) in [4.78, 5) is 21.1. The molecule has 0 amide bonds. The molecule has 0 saturated heterocycles. The molecule has 0 fully saturated rings. The highest BCUT2D eigenvalue weighted by atomic mass is 16.6. The average Bonchev–Trinajstić information content (AvgIpc) is 2.00. The average molecular weight is 218 g/mol. The van der Waals surface area contributed by atoms with Crippen LogP contribution in [0.2, 0.25) is 0 Å².